The summed E-state index contributed by atoms with van der Waals surface area (Å²) in [6.07, 6.45) is 3.85. The molecule has 0 aliphatic heterocycles. The summed E-state index contributed by atoms with van der Waals surface area (Å²) < 4.78 is 1.94. The van der Waals surface area contributed by atoms with Gasteiger partial charge in [-0.25, -0.2) is 0 Å². The molecule has 2 rings (SSSR count). The first-order chi connectivity index (χ1) is 8.70. The normalized spacial score (nSPS) is 12.1. The van der Waals surface area contributed by atoms with Gasteiger partial charge in [0.05, 0.1) is 6.61 Å². The van der Waals surface area contributed by atoms with Gasteiger partial charge < -0.3 is 15.0 Å². The average molecular weight is 244 g/mol. The average Bonchev–Trinajstić information content (AvgIpc) is 2.92. The molecule has 18 heavy (non-hydrogen) atoms. The molecular weight excluding hydrogens is 228 g/mol. The number of carbonyl (C=O) groups is 1. The minimum Gasteiger partial charge on any atom is -0.394 e. The maximum Gasteiger partial charge on any atom is 0.251 e. The molecule has 1 heterocycles. The van der Waals surface area contributed by atoms with Crippen molar-refractivity contribution in [2.45, 2.75) is 13.0 Å². The third-order valence-electron chi connectivity index (χ3n) is 2.66. The van der Waals surface area contributed by atoms with Crippen LogP contribution in [-0.2, 0) is 0 Å². The van der Waals surface area contributed by atoms with Gasteiger partial charge in [-0.05, 0) is 37.3 Å². The maximum absolute atomic E-state index is 11.9. The molecule has 0 unspecified atom stereocenters. The van der Waals surface area contributed by atoms with Crippen molar-refractivity contribution in [1.29, 1.82) is 0 Å². The van der Waals surface area contributed by atoms with Crippen LogP contribution in [0.5, 0.6) is 0 Å². The van der Waals surface area contributed by atoms with Crippen LogP contribution in [-0.4, -0.2) is 28.2 Å². The minimum atomic E-state index is -0.243. The number of nitrogens with zero attached hydrogens (tertiary/aromatic N) is 1. The van der Waals surface area contributed by atoms with Crippen LogP contribution in [0.15, 0.2) is 48.8 Å². The molecule has 0 saturated heterocycles. The second kappa shape index (κ2) is 5.51. The highest BCUT2D eigenvalue weighted by Crippen LogP contribution is 2.11. The molecule has 2 aromatic rings. The van der Waals surface area contributed by atoms with Crippen LogP contribution in [0, 0.1) is 0 Å². The van der Waals surface area contributed by atoms with Crippen LogP contribution >= 0.6 is 0 Å². The molecule has 1 aromatic carbocycles. The fourth-order valence-electron chi connectivity index (χ4n) is 1.67. The van der Waals surface area contributed by atoms with Crippen LogP contribution in [0.3, 0.4) is 0 Å². The Morgan fingerprint density at radius 3 is 2.72 bits per heavy atom. The monoisotopic (exact) mass is 244 g/mol. The van der Waals surface area contributed by atoms with Gasteiger partial charge in [-0.2, -0.15) is 0 Å². The summed E-state index contributed by atoms with van der Waals surface area (Å²) in [4.78, 5) is 11.9. The standard InChI is InChI=1S/C14H16N2O2/c1-11(10-17)15-14(18)12-5-4-6-13(9-12)16-7-2-3-8-16/h2-9,11,17H,10H2,1H3,(H,15,18)/t11-/m1/s1. The van der Waals surface area contributed by atoms with E-state index < -0.39 is 0 Å². The summed E-state index contributed by atoms with van der Waals surface area (Å²) in [7, 11) is 0. The first-order valence-corrected chi connectivity index (χ1v) is 5.86. The minimum absolute atomic E-state index is 0.0664. The van der Waals surface area contributed by atoms with E-state index in [0.717, 1.165) is 5.69 Å². The van der Waals surface area contributed by atoms with E-state index in [0.29, 0.717) is 5.56 Å². The quantitative estimate of drug-likeness (QED) is 0.858. The number of nitrogens with one attached hydrogen (secondary N) is 1. The smallest absolute Gasteiger partial charge is 0.251 e. The van der Waals surface area contributed by atoms with Gasteiger partial charge in [0.2, 0.25) is 0 Å². The molecule has 4 nitrogen and oxygen atoms in total. The van der Waals surface area contributed by atoms with Crippen molar-refractivity contribution in [2.75, 3.05) is 6.61 Å². The highest BCUT2D eigenvalue weighted by molar-refractivity contribution is 5.94. The van der Waals surface area contributed by atoms with Gasteiger partial charge in [-0.1, -0.05) is 6.07 Å². The van der Waals surface area contributed by atoms with Crippen molar-refractivity contribution in [3.63, 3.8) is 0 Å². The van der Waals surface area contributed by atoms with Crippen molar-refractivity contribution in [3.8, 4) is 5.69 Å². The lowest BCUT2D eigenvalue weighted by Gasteiger charge is -2.11. The van der Waals surface area contributed by atoms with Gasteiger partial charge in [-0.15, -0.1) is 0 Å². The van der Waals surface area contributed by atoms with Crippen molar-refractivity contribution >= 4 is 5.91 Å². The molecule has 4 heteroatoms. The van der Waals surface area contributed by atoms with Crippen molar-refractivity contribution in [1.82, 2.24) is 9.88 Å². The van der Waals surface area contributed by atoms with Gasteiger partial charge >= 0.3 is 0 Å². The van der Waals surface area contributed by atoms with Gasteiger partial charge in [0.15, 0.2) is 0 Å². The van der Waals surface area contributed by atoms with Crippen LogP contribution < -0.4 is 5.32 Å². The largest absolute Gasteiger partial charge is 0.394 e. The van der Waals surface area contributed by atoms with E-state index in [9.17, 15) is 4.79 Å². The molecule has 94 valence electrons. The molecule has 0 spiro atoms. The zero-order valence-corrected chi connectivity index (χ0v) is 10.2. The highest BCUT2D eigenvalue weighted by Gasteiger charge is 2.09. The van der Waals surface area contributed by atoms with Gasteiger partial charge in [-0.3, -0.25) is 4.79 Å². The Labute approximate surface area is 106 Å². The fraction of sp³-hybridized carbons (Fsp3) is 0.214. The lowest BCUT2D eigenvalue weighted by Crippen LogP contribution is -2.34. The molecule has 2 N–H and O–H groups in total. The summed E-state index contributed by atoms with van der Waals surface area (Å²) in [5, 5.41) is 11.6. The third-order valence-corrected chi connectivity index (χ3v) is 2.66. The number of carbonyl (C=O) groups excluding carboxylic acids is 1. The van der Waals surface area contributed by atoms with Crippen molar-refractivity contribution < 1.29 is 9.90 Å². The molecule has 1 amide bonds. The van der Waals surface area contributed by atoms with Gasteiger partial charge in [0.1, 0.15) is 0 Å². The molecular formula is C14H16N2O2. The lowest BCUT2D eigenvalue weighted by atomic mass is 10.1. The van der Waals surface area contributed by atoms with E-state index in [-0.39, 0.29) is 18.6 Å². The number of benzene rings is 1. The fourth-order valence-corrected chi connectivity index (χ4v) is 1.67. The summed E-state index contributed by atoms with van der Waals surface area (Å²) in [5.74, 6) is -0.175. The third kappa shape index (κ3) is 2.78. The van der Waals surface area contributed by atoms with E-state index in [1.807, 2.05) is 47.3 Å². The second-order valence-corrected chi connectivity index (χ2v) is 4.20. The van der Waals surface area contributed by atoms with E-state index in [2.05, 4.69) is 5.32 Å². The Balaban J connectivity index is 2.20. The number of rotatable bonds is 4. The molecule has 0 aliphatic rings. The number of hydrogen-bond donors (Lipinski definition) is 2. The molecule has 0 fully saturated rings. The highest BCUT2D eigenvalue weighted by atomic mass is 16.3. The number of aliphatic hydroxyl groups excluding tert-OH is 1. The zero-order chi connectivity index (χ0) is 13.0. The van der Waals surface area contributed by atoms with Crippen LogP contribution in [0.25, 0.3) is 5.69 Å². The SMILES string of the molecule is C[C@H](CO)NC(=O)c1cccc(-n2cccc2)c1. The summed E-state index contributed by atoms with van der Waals surface area (Å²) in [6.45, 7) is 1.69. The van der Waals surface area contributed by atoms with Gasteiger partial charge in [0.25, 0.3) is 5.91 Å². The van der Waals surface area contributed by atoms with Crippen molar-refractivity contribution in [3.05, 3.63) is 54.4 Å². The van der Waals surface area contributed by atoms with Crippen LogP contribution in [0.1, 0.15) is 17.3 Å². The summed E-state index contributed by atoms with van der Waals surface area (Å²) in [6, 6.07) is 11.0. The zero-order valence-electron chi connectivity index (χ0n) is 10.2. The topological polar surface area (TPSA) is 54.3 Å². The Kier molecular flexibility index (Phi) is 3.79. The Morgan fingerprint density at radius 2 is 2.06 bits per heavy atom. The first kappa shape index (κ1) is 12.4. The Bertz CT molecular complexity index is 520. The van der Waals surface area contributed by atoms with Crippen LogP contribution in [0.4, 0.5) is 0 Å². The number of aromatic nitrogens is 1. The summed E-state index contributed by atoms with van der Waals surface area (Å²) in [5.41, 5.74) is 1.52. The van der Waals surface area contributed by atoms with E-state index in [4.69, 9.17) is 5.11 Å². The van der Waals surface area contributed by atoms with E-state index >= 15 is 0 Å². The molecule has 0 bridgehead atoms. The molecule has 1 aromatic heterocycles. The number of hydrogen-bond acceptors (Lipinski definition) is 2. The molecule has 0 radical (unpaired) electrons. The Hall–Kier alpha value is -2.07. The maximum atomic E-state index is 11.9. The number of aliphatic hydroxyl groups is 1. The number of amides is 1. The predicted molar refractivity (Wildman–Crippen MR) is 69.8 cm³/mol. The van der Waals surface area contributed by atoms with Crippen molar-refractivity contribution in [2.24, 2.45) is 0 Å². The molecule has 0 saturated carbocycles. The van der Waals surface area contributed by atoms with E-state index in [1.54, 1.807) is 13.0 Å². The Morgan fingerprint density at radius 1 is 1.33 bits per heavy atom. The predicted octanol–water partition coefficient (Wildman–Crippen LogP) is 1.59. The molecule has 0 aliphatic carbocycles. The molecule has 1 atom stereocenters. The first-order valence-electron chi connectivity index (χ1n) is 5.86. The van der Waals surface area contributed by atoms with Crippen LogP contribution in [0.2, 0.25) is 0 Å². The summed E-state index contributed by atoms with van der Waals surface area (Å²) >= 11 is 0. The van der Waals surface area contributed by atoms with Gasteiger partial charge in [0, 0.05) is 29.7 Å². The van der Waals surface area contributed by atoms with E-state index in [1.165, 1.54) is 0 Å². The lowest BCUT2D eigenvalue weighted by molar-refractivity contribution is 0.0922. The second-order valence-electron chi connectivity index (χ2n) is 4.20.